The highest BCUT2D eigenvalue weighted by atomic mass is 35.5. The van der Waals surface area contributed by atoms with E-state index < -0.39 is 0 Å². The van der Waals surface area contributed by atoms with Crippen LogP contribution in [0.3, 0.4) is 0 Å². The van der Waals surface area contributed by atoms with E-state index in [4.69, 9.17) is 11.6 Å². The summed E-state index contributed by atoms with van der Waals surface area (Å²) >= 11 is 7.98. The molecule has 0 saturated heterocycles. The Hall–Kier alpha value is -0.0500. The van der Waals surface area contributed by atoms with Gasteiger partial charge in [-0.15, -0.1) is 22.9 Å². The van der Waals surface area contributed by atoms with Gasteiger partial charge in [0.2, 0.25) is 0 Å². The van der Waals surface area contributed by atoms with Gasteiger partial charge in [-0.25, -0.2) is 0 Å². The predicted molar refractivity (Wildman–Crippen MR) is 72.2 cm³/mol. The molecule has 0 bridgehead atoms. The van der Waals surface area contributed by atoms with Gasteiger partial charge in [-0.1, -0.05) is 13.0 Å². The summed E-state index contributed by atoms with van der Waals surface area (Å²) in [6.45, 7) is 3.32. The molecule has 1 aliphatic carbocycles. The summed E-state index contributed by atoms with van der Waals surface area (Å²) in [6.07, 6.45) is 5.07. The minimum absolute atomic E-state index is 0.193. The van der Waals surface area contributed by atoms with Crippen molar-refractivity contribution >= 4 is 22.9 Å². The number of thiophene rings is 1. The van der Waals surface area contributed by atoms with Crippen LogP contribution >= 0.6 is 22.9 Å². The lowest BCUT2D eigenvalue weighted by Gasteiger charge is -2.39. The number of rotatable bonds is 4. The maximum atomic E-state index is 6.17. The van der Waals surface area contributed by atoms with Crippen molar-refractivity contribution in [2.75, 3.05) is 5.88 Å². The Balaban J connectivity index is 1.89. The van der Waals surface area contributed by atoms with Crippen LogP contribution in [0.5, 0.6) is 0 Å². The molecule has 16 heavy (non-hydrogen) atoms. The lowest BCUT2D eigenvalue weighted by Crippen LogP contribution is -2.48. The van der Waals surface area contributed by atoms with Crippen molar-refractivity contribution in [1.29, 1.82) is 0 Å². The van der Waals surface area contributed by atoms with Crippen LogP contribution in [0.2, 0.25) is 0 Å². The summed E-state index contributed by atoms with van der Waals surface area (Å²) in [6, 6.07) is 4.29. The lowest BCUT2D eigenvalue weighted by atomic mass is 9.78. The largest absolute Gasteiger partial charge is 0.305 e. The summed E-state index contributed by atoms with van der Waals surface area (Å²) in [7, 11) is 0. The van der Waals surface area contributed by atoms with Gasteiger partial charge >= 0.3 is 0 Å². The van der Waals surface area contributed by atoms with Gasteiger partial charge in [0.25, 0.3) is 0 Å². The standard InChI is InChI=1S/C13H20ClNS/c1-11-4-6-13(10-14,7-5-11)15-9-12-3-2-8-16-12/h2-3,8,11,15H,4-7,9-10H2,1H3. The quantitative estimate of drug-likeness (QED) is 0.804. The minimum atomic E-state index is 0.193. The van der Waals surface area contributed by atoms with Crippen molar-refractivity contribution in [3.63, 3.8) is 0 Å². The number of halogens is 1. The molecule has 1 aliphatic rings. The SMILES string of the molecule is CC1CCC(CCl)(NCc2cccs2)CC1. The molecule has 2 rings (SSSR count). The second-order valence-corrected chi connectivity index (χ2v) is 6.33. The molecule has 0 atom stereocenters. The monoisotopic (exact) mass is 257 g/mol. The molecule has 1 nitrogen and oxygen atoms in total. The summed E-state index contributed by atoms with van der Waals surface area (Å²) in [5.74, 6) is 1.62. The maximum absolute atomic E-state index is 6.17. The van der Waals surface area contributed by atoms with Crippen LogP contribution in [0.1, 0.15) is 37.5 Å². The average molecular weight is 258 g/mol. The van der Waals surface area contributed by atoms with E-state index in [1.54, 1.807) is 0 Å². The fourth-order valence-electron chi connectivity index (χ4n) is 2.36. The van der Waals surface area contributed by atoms with E-state index in [2.05, 4.69) is 29.8 Å². The number of nitrogens with one attached hydrogen (secondary N) is 1. The van der Waals surface area contributed by atoms with Gasteiger partial charge in [0.05, 0.1) is 0 Å². The predicted octanol–water partition coefficient (Wildman–Crippen LogP) is 4.03. The molecular formula is C13H20ClNS. The van der Waals surface area contributed by atoms with Crippen LogP contribution in [0, 0.1) is 5.92 Å². The van der Waals surface area contributed by atoms with Crippen LogP contribution in [-0.2, 0) is 6.54 Å². The van der Waals surface area contributed by atoms with Crippen LogP contribution in [0.4, 0.5) is 0 Å². The van der Waals surface area contributed by atoms with Crippen LogP contribution in [-0.4, -0.2) is 11.4 Å². The first-order valence-electron chi connectivity index (χ1n) is 6.07. The summed E-state index contributed by atoms with van der Waals surface area (Å²) in [5.41, 5.74) is 0.193. The second-order valence-electron chi connectivity index (χ2n) is 5.03. The number of hydrogen-bond donors (Lipinski definition) is 1. The van der Waals surface area contributed by atoms with E-state index in [-0.39, 0.29) is 5.54 Å². The Morgan fingerprint density at radius 1 is 1.50 bits per heavy atom. The zero-order valence-corrected chi connectivity index (χ0v) is 11.4. The molecule has 1 N–H and O–H groups in total. The minimum Gasteiger partial charge on any atom is -0.305 e. The Morgan fingerprint density at radius 3 is 2.81 bits per heavy atom. The molecule has 0 radical (unpaired) electrons. The third kappa shape index (κ3) is 2.99. The zero-order valence-electron chi connectivity index (χ0n) is 9.84. The fraction of sp³-hybridized carbons (Fsp3) is 0.692. The fourth-order valence-corrected chi connectivity index (χ4v) is 3.37. The maximum Gasteiger partial charge on any atom is 0.0406 e. The van der Waals surface area contributed by atoms with E-state index in [1.165, 1.54) is 30.6 Å². The number of alkyl halides is 1. The molecule has 1 aromatic heterocycles. The van der Waals surface area contributed by atoms with Gasteiger partial charge in [-0.3, -0.25) is 0 Å². The molecule has 1 fully saturated rings. The van der Waals surface area contributed by atoms with E-state index in [0.29, 0.717) is 0 Å². The van der Waals surface area contributed by atoms with Crippen LogP contribution in [0.15, 0.2) is 17.5 Å². The second kappa shape index (κ2) is 5.52. The molecule has 90 valence electrons. The number of hydrogen-bond acceptors (Lipinski definition) is 2. The van der Waals surface area contributed by atoms with E-state index in [0.717, 1.165) is 18.3 Å². The third-order valence-corrected chi connectivity index (χ3v) is 5.09. The Kier molecular flexibility index (Phi) is 4.28. The highest BCUT2D eigenvalue weighted by Crippen LogP contribution is 2.33. The van der Waals surface area contributed by atoms with Gasteiger partial charge < -0.3 is 5.32 Å². The molecule has 3 heteroatoms. The Labute approximate surface area is 107 Å². The molecule has 1 heterocycles. The van der Waals surface area contributed by atoms with E-state index >= 15 is 0 Å². The van der Waals surface area contributed by atoms with Crippen molar-refractivity contribution in [1.82, 2.24) is 5.32 Å². The summed E-state index contributed by atoms with van der Waals surface area (Å²) in [5, 5.41) is 5.82. The third-order valence-electron chi connectivity index (χ3n) is 3.70. The molecule has 0 aliphatic heterocycles. The van der Waals surface area contributed by atoms with Crippen LogP contribution < -0.4 is 5.32 Å². The van der Waals surface area contributed by atoms with Crippen molar-refractivity contribution in [2.45, 2.75) is 44.7 Å². The van der Waals surface area contributed by atoms with Crippen LogP contribution in [0.25, 0.3) is 0 Å². The first kappa shape index (κ1) is 12.4. The molecule has 0 aromatic carbocycles. The van der Waals surface area contributed by atoms with E-state index in [1.807, 2.05) is 11.3 Å². The molecular weight excluding hydrogens is 238 g/mol. The van der Waals surface area contributed by atoms with Crippen molar-refractivity contribution in [3.8, 4) is 0 Å². The van der Waals surface area contributed by atoms with Crippen molar-refractivity contribution in [3.05, 3.63) is 22.4 Å². The topological polar surface area (TPSA) is 12.0 Å². The highest BCUT2D eigenvalue weighted by molar-refractivity contribution is 7.09. The van der Waals surface area contributed by atoms with Gasteiger partial charge in [-0.2, -0.15) is 0 Å². The Bertz CT molecular complexity index is 302. The molecule has 0 spiro atoms. The van der Waals surface area contributed by atoms with E-state index in [9.17, 15) is 0 Å². The average Bonchev–Trinajstić information content (AvgIpc) is 2.82. The van der Waals surface area contributed by atoms with Gasteiger partial charge in [0.1, 0.15) is 0 Å². The molecule has 1 aromatic rings. The molecule has 0 unspecified atom stereocenters. The first-order valence-corrected chi connectivity index (χ1v) is 7.49. The van der Waals surface area contributed by atoms with Crippen molar-refractivity contribution in [2.24, 2.45) is 5.92 Å². The summed E-state index contributed by atoms with van der Waals surface area (Å²) < 4.78 is 0. The zero-order chi connectivity index (χ0) is 11.4. The normalized spacial score (nSPS) is 30.5. The van der Waals surface area contributed by atoms with Gasteiger partial charge in [0.15, 0.2) is 0 Å². The van der Waals surface area contributed by atoms with Crippen molar-refractivity contribution < 1.29 is 0 Å². The smallest absolute Gasteiger partial charge is 0.0406 e. The molecule has 0 amide bonds. The highest BCUT2D eigenvalue weighted by Gasteiger charge is 2.32. The van der Waals surface area contributed by atoms with Gasteiger partial charge in [0, 0.05) is 22.8 Å². The Morgan fingerprint density at radius 2 is 2.25 bits per heavy atom. The first-order chi connectivity index (χ1) is 7.74. The molecule has 1 saturated carbocycles. The lowest BCUT2D eigenvalue weighted by molar-refractivity contribution is 0.216. The van der Waals surface area contributed by atoms with Gasteiger partial charge in [-0.05, 0) is 43.0 Å². The summed E-state index contributed by atoms with van der Waals surface area (Å²) in [4.78, 5) is 1.41.